The van der Waals surface area contributed by atoms with Gasteiger partial charge >= 0.3 is 11.9 Å². The SMILES string of the molecule is COC(=O)[C@@H](O[Si](C)(C)C)[C@@H](O[Si](C)(C)C)C(=O)OC. The molecule has 0 fully saturated rings. The van der Waals surface area contributed by atoms with Crippen molar-refractivity contribution < 1.29 is 27.9 Å². The van der Waals surface area contributed by atoms with Crippen LogP contribution >= 0.6 is 0 Å². The number of methoxy groups -OCH3 is 2. The van der Waals surface area contributed by atoms with Crippen LogP contribution in [-0.2, 0) is 27.9 Å². The van der Waals surface area contributed by atoms with Gasteiger partial charge in [0.2, 0.25) is 0 Å². The molecule has 0 aliphatic heterocycles. The second-order valence-electron chi connectivity index (χ2n) is 6.35. The van der Waals surface area contributed by atoms with Crippen molar-refractivity contribution in [2.24, 2.45) is 0 Å². The van der Waals surface area contributed by atoms with Crippen molar-refractivity contribution in [1.82, 2.24) is 0 Å². The number of ether oxygens (including phenoxy) is 2. The molecule has 0 radical (unpaired) electrons. The lowest BCUT2D eigenvalue weighted by atomic mass is 10.2. The van der Waals surface area contributed by atoms with Crippen LogP contribution in [0, 0.1) is 0 Å². The number of rotatable bonds is 7. The second-order valence-corrected chi connectivity index (χ2v) is 15.3. The summed E-state index contributed by atoms with van der Waals surface area (Å²) in [5, 5.41) is 0. The van der Waals surface area contributed by atoms with E-state index in [9.17, 15) is 9.59 Å². The van der Waals surface area contributed by atoms with Crippen molar-refractivity contribution in [2.75, 3.05) is 14.2 Å². The molecule has 0 saturated carbocycles. The molecule has 0 heterocycles. The van der Waals surface area contributed by atoms with Crippen molar-refractivity contribution in [2.45, 2.75) is 51.5 Å². The first kappa shape index (κ1) is 19.3. The van der Waals surface area contributed by atoms with Gasteiger partial charge in [0.25, 0.3) is 0 Å². The Morgan fingerprint density at radius 2 is 0.950 bits per heavy atom. The van der Waals surface area contributed by atoms with E-state index in [1.807, 2.05) is 39.3 Å². The third-order valence-corrected chi connectivity index (χ3v) is 4.03. The summed E-state index contributed by atoms with van der Waals surface area (Å²) >= 11 is 0. The molecule has 0 aliphatic rings. The Morgan fingerprint density at radius 3 is 1.10 bits per heavy atom. The maximum Gasteiger partial charge on any atom is 0.337 e. The van der Waals surface area contributed by atoms with Gasteiger partial charge in [-0.2, -0.15) is 0 Å². The first-order chi connectivity index (χ1) is 8.91. The maximum atomic E-state index is 11.9. The predicted octanol–water partition coefficient (Wildman–Crippen LogP) is 1.77. The van der Waals surface area contributed by atoms with Crippen molar-refractivity contribution in [3.05, 3.63) is 0 Å². The van der Waals surface area contributed by atoms with Gasteiger partial charge in [-0.15, -0.1) is 0 Å². The van der Waals surface area contributed by atoms with Crippen LogP contribution in [0.4, 0.5) is 0 Å². The maximum absolute atomic E-state index is 11.9. The monoisotopic (exact) mass is 322 g/mol. The molecular weight excluding hydrogens is 296 g/mol. The second kappa shape index (κ2) is 7.34. The molecular formula is C12H26O6Si2. The quantitative estimate of drug-likeness (QED) is 0.525. The standard InChI is InChI=1S/C12H26O6Si2/c1-15-11(13)9(17-19(3,4)5)10(12(14)16-2)18-20(6,7)8/h9-10H,1-8H3/t9-,10+. The molecule has 0 saturated heterocycles. The van der Waals surface area contributed by atoms with Gasteiger partial charge in [-0.25, -0.2) is 9.59 Å². The van der Waals surface area contributed by atoms with E-state index in [2.05, 4.69) is 0 Å². The molecule has 118 valence electrons. The minimum absolute atomic E-state index is 0.624. The van der Waals surface area contributed by atoms with Crippen LogP contribution in [0.1, 0.15) is 0 Å². The average Bonchev–Trinajstić information content (AvgIpc) is 2.29. The Morgan fingerprint density at radius 1 is 0.700 bits per heavy atom. The first-order valence-electron chi connectivity index (χ1n) is 6.42. The lowest BCUT2D eigenvalue weighted by Crippen LogP contribution is -2.52. The fourth-order valence-electron chi connectivity index (χ4n) is 1.46. The minimum atomic E-state index is -2.07. The minimum Gasteiger partial charge on any atom is -0.467 e. The Bertz CT molecular complexity index is 311. The Hall–Kier alpha value is -0.706. The fourth-order valence-corrected chi connectivity index (χ4v) is 3.42. The van der Waals surface area contributed by atoms with E-state index in [0.717, 1.165) is 0 Å². The van der Waals surface area contributed by atoms with E-state index < -0.39 is 40.8 Å². The number of esters is 2. The molecule has 6 nitrogen and oxygen atoms in total. The van der Waals surface area contributed by atoms with E-state index in [4.69, 9.17) is 18.3 Å². The first-order valence-corrected chi connectivity index (χ1v) is 13.2. The Labute approximate surface area is 123 Å². The van der Waals surface area contributed by atoms with Crippen LogP contribution < -0.4 is 0 Å². The molecule has 0 aromatic carbocycles. The zero-order chi connectivity index (χ0) is 16.1. The fraction of sp³-hybridized carbons (Fsp3) is 0.833. The van der Waals surface area contributed by atoms with Gasteiger partial charge in [0.05, 0.1) is 14.2 Å². The highest BCUT2D eigenvalue weighted by molar-refractivity contribution is 6.70. The topological polar surface area (TPSA) is 71.1 Å². The molecule has 0 aliphatic carbocycles. The summed E-state index contributed by atoms with van der Waals surface area (Å²) in [6.07, 6.45) is -2.18. The summed E-state index contributed by atoms with van der Waals surface area (Å²) in [6.45, 7) is 11.5. The normalized spacial score (nSPS) is 15.4. The van der Waals surface area contributed by atoms with Crippen LogP contribution in [-0.4, -0.2) is 55.0 Å². The summed E-state index contributed by atoms with van der Waals surface area (Å²) in [7, 11) is -1.63. The number of hydrogen-bond donors (Lipinski definition) is 0. The third-order valence-electron chi connectivity index (χ3n) is 2.10. The Kier molecular flexibility index (Phi) is 7.09. The molecule has 20 heavy (non-hydrogen) atoms. The summed E-state index contributed by atoms with van der Waals surface area (Å²) in [6, 6.07) is 0. The number of carbonyl (C=O) groups is 2. The van der Waals surface area contributed by atoms with Crippen LogP contribution in [0.2, 0.25) is 39.3 Å². The molecule has 2 atom stereocenters. The highest BCUT2D eigenvalue weighted by Gasteiger charge is 2.42. The summed E-state index contributed by atoms with van der Waals surface area (Å²) in [4.78, 5) is 23.9. The average molecular weight is 323 g/mol. The largest absolute Gasteiger partial charge is 0.467 e. The van der Waals surface area contributed by atoms with Crippen LogP contribution in [0.3, 0.4) is 0 Å². The third kappa shape index (κ3) is 7.18. The van der Waals surface area contributed by atoms with Crippen molar-refractivity contribution >= 4 is 28.6 Å². The van der Waals surface area contributed by atoms with Gasteiger partial charge in [-0.1, -0.05) is 0 Å². The molecule has 0 N–H and O–H groups in total. The highest BCUT2D eigenvalue weighted by atomic mass is 28.4. The molecule has 0 rings (SSSR count). The smallest absolute Gasteiger partial charge is 0.337 e. The number of carbonyl (C=O) groups excluding carboxylic acids is 2. The lowest BCUT2D eigenvalue weighted by molar-refractivity contribution is -0.166. The van der Waals surface area contributed by atoms with Crippen molar-refractivity contribution in [3.8, 4) is 0 Å². The number of hydrogen-bond acceptors (Lipinski definition) is 6. The van der Waals surface area contributed by atoms with Gasteiger partial charge in [-0.05, 0) is 39.3 Å². The van der Waals surface area contributed by atoms with Crippen LogP contribution in [0.5, 0.6) is 0 Å². The molecule has 0 amide bonds. The van der Waals surface area contributed by atoms with E-state index in [1.54, 1.807) is 0 Å². The molecule has 0 spiro atoms. The predicted molar refractivity (Wildman–Crippen MR) is 80.5 cm³/mol. The Balaban J connectivity index is 5.39. The highest BCUT2D eigenvalue weighted by Crippen LogP contribution is 2.19. The molecule has 8 heteroatoms. The summed E-state index contributed by atoms with van der Waals surface area (Å²) in [5.41, 5.74) is 0. The van der Waals surface area contributed by atoms with Gasteiger partial charge in [-0.3, -0.25) is 0 Å². The van der Waals surface area contributed by atoms with E-state index in [-0.39, 0.29) is 0 Å². The van der Waals surface area contributed by atoms with Gasteiger partial charge in [0.1, 0.15) is 0 Å². The molecule has 0 aromatic rings. The molecule has 0 bridgehead atoms. The molecule has 0 aromatic heterocycles. The van der Waals surface area contributed by atoms with Gasteiger partial charge in [0.15, 0.2) is 28.8 Å². The summed E-state index contributed by atoms with van der Waals surface area (Å²) in [5.74, 6) is -1.25. The van der Waals surface area contributed by atoms with E-state index in [1.165, 1.54) is 14.2 Å². The zero-order valence-electron chi connectivity index (χ0n) is 13.6. The molecule has 0 unspecified atom stereocenters. The summed E-state index contributed by atoms with van der Waals surface area (Å²) < 4.78 is 21.0. The van der Waals surface area contributed by atoms with Gasteiger partial charge < -0.3 is 18.3 Å². The van der Waals surface area contributed by atoms with Crippen molar-refractivity contribution in [1.29, 1.82) is 0 Å². The van der Waals surface area contributed by atoms with E-state index >= 15 is 0 Å². The van der Waals surface area contributed by atoms with Gasteiger partial charge in [0, 0.05) is 0 Å². The lowest BCUT2D eigenvalue weighted by Gasteiger charge is -2.32. The van der Waals surface area contributed by atoms with E-state index in [0.29, 0.717) is 0 Å². The van der Waals surface area contributed by atoms with Crippen molar-refractivity contribution in [3.63, 3.8) is 0 Å². The zero-order valence-corrected chi connectivity index (χ0v) is 15.6. The van der Waals surface area contributed by atoms with Crippen LogP contribution in [0.25, 0.3) is 0 Å². The van der Waals surface area contributed by atoms with Crippen LogP contribution in [0.15, 0.2) is 0 Å².